The fourth-order valence-corrected chi connectivity index (χ4v) is 0.963. The molecule has 1 aromatic carbocycles. The Morgan fingerprint density at radius 1 is 1.47 bits per heavy atom. The van der Waals surface area contributed by atoms with Crippen LogP contribution in [-0.4, -0.2) is 16.2 Å². The zero-order valence-corrected chi connectivity index (χ0v) is 8.69. The Bertz CT molecular complexity index is 375. The zero-order chi connectivity index (χ0) is 11.4. The SMILES string of the molecule is C[C@@H](Cl)C(=O)Nc1ccc([N+](=O)[O-])cc1. The Morgan fingerprint density at radius 2 is 2.00 bits per heavy atom. The molecular weight excluding hydrogens is 220 g/mol. The predicted octanol–water partition coefficient (Wildman–Crippen LogP) is 2.16. The second-order valence-electron chi connectivity index (χ2n) is 2.91. The number of nitrogens with one attached hydrogen (secondary N) is 1. The van der Waals surface area contributed by atoms with Crippen molar-refractivity contribution in [3.63, 3.8) is 0 Å². The van der Waals surface area contributed by atoms with Crippen LogP contribution in [0.15, 0.2) is 24.3 Å². The fourth-order valence-electron chi connectivity index (χ4n) is 0.908. The quantitative estimate of drug-likeness (QED) is 0.490. The maximum Gasteiger partial charge on any atom is 0.269 e. The average molecular weight is 229 g/mol. The molecule has 1 atom stereocenters. The van der Waals surface area contributed by atoms with E-state index in [0.717, 1.165) is 0 Å². The van der Waals surface area contributed by atoms with E-state index in [1.807, 2.05) is 0 Å². The lowest BCUT2D eigenvalue weighted by molar-refractivity contribution is -0.384. The minimum atomic E-state index is -0.639. The van der Waals surface area contributed by atoms with Crippen molar-refractivity contribution in [2.75, 3.05) is 5.32 Å². The summed E-state index contributed by atoms with van der Waals surface area (Å²) >= 11 is 5.54. The summed E-state index contributed by atoms with van der Waals surface area (Å²) in [5, 5.41) is 12.2. The molecule has 0 aromatic heterocycles. The number of alkyl halides is 1. The van der Waals surface area contributed by atoms with Gasteiger partial charge in [0.1, 0.15) is 5.38 Å². The van der Waals surface area contributed by atoms with E-state index in [2.05, 4.69) is 5.32 Å². The van der Waals surface area contributed by atoms with Gasteiger partial charge in [0.05, 0.1) is 4.92 Å². The van der Waals surface area contributed by atoms with E-state index >= 15 is 0 Å². The number of carbonyl (C=O) groups is 1. The van der Waals surface area contributed by atoms with Crippen molar-refractivity contribution in [2.24, 2.45) is 0 Å². The number of nitro benzene ring substituents is 1. The molecule has 1 amide bonds. The normalized spacial score (nSPS) is 11.9. The van der Waals surface area contributed by atoms with Gasteiger partial charge in [-0.15, -0.1) is 11.6 Å². The first-order chi connectivity index (χ1) is 7.00. The largest absolute Gasteiger partial charge is 0.325 e. The standard InChI is InChI=1S/C9H9ClN2O3/c1-6(10)9(13)11-7-2-4-8(5-3-7)12(14)15/h2-6H,1H3,(H,11,13)/t6-/m1/s1. The molecule has 5 nitrogen and oxygen atoms in total. The highest BCUT2D eigenvalue weighted by Gasteiger charge is 2.10. The first kappa shape index (κ1) is 11.5. The van der Waals surface area contributed by atoms with E-state index in [1.54, 1.807) is 6.92 Å². The molecule has 6 heteroatoms. The van der Waals surface area contributed by atoms with Crippen LogP contribution in [0.5, 0.6) is 0 Å². The molecule has 1 rings (SSSR count). The summed E-state index contributed by atoms with van der Waals surface area (Å²) in [4.78, 5) is 21.0. The lowest BCUT2D eigenvalue weighted by Gasteiger charge is -2.05. The molecule has 0 saturated carbocycles. The number of halogens is 1. The van der Waals surface area contributed by atoms with Crippen molar-refractivity contribution in [3.05, 3.63) is 34.4 Å². The monoisotopic (exact) mass is 228 g/mol. The number of nitro groups is 1. The van der Waals surface area contributed by atoms with Gasteiger partial charge in [-0.1, -0.05) is 0 Å². The minimum Gasteiger partial charge on any atom is -0.325 e. The van der Waals surface area contributed by atoms with Crippen LogP contribution in [0, 0.1) is 10.1 Å². The third-order valence-corrected chi connectivity index (χ3v) is 1.91. The van der Waals surface area contributed by atoms with Crippen LogP contribution in [0.4, 0.5) is 11.4 Å². The lowest BCUT2D eigenvalue weighted by Crippen LogP contribution is -2.20. The van der Waals surface area contributed by atoms with Crippen molar-refractivity contribution in [2.45, 2.75) is 12.3 Å². The Kier molecular flexibility index (Phi) is 3.62. The molecule has 15 heavy (non-hydrogen) atoms. The second kappa shape index (κ2) is 4.75. The molecule has 1 aromatic rings. The maximum atomic E-state index is 11.2. The Hall–Kier alpha value is -1.62. The number of benzene rings is 1. The van der Waals surface area contributed by atoms with Crippen molar-refractivity contribution in [1.29, 1.82) is 0 Å². The molecule has 0 heterocycles. The predicted molar refractivity (Wildman–Crippen MR) is 57.0 cm³/mol. The fraction of sp³-hybridized carbons (Fsp3) is 0.222. The minimum absolute atomic E-state index is 0.0214. The van der Waals surface area contributed by atoms with Crippen LogP contribution in [0.2, 0.25) is 0 Å². The van der Waals surface area contributed by atoms with Crippen molar-refractivity contribution < 1.29 is 9.72 Å². The topological polar surface area (TPSA) is 72.2 Å². The first-order valence-corrected chi connectivity index (χ1v) is 4.63. The highest BCUT2D eigenvalue weighted by atomic mass is 35.5. The number of anilines is 1. The van der Waals surface area contributed by atoms with E-state index in [-0.39, 0.29) is 11.6 Å². The first-order valence-electron chi connectivity index (χ1n) is 4.20. The second-order valence-corrected chi connectivity index (χ2v) is 3.56. The smallest absolute Gasteiger partial charge is 0.269 e. The number of carbonyl (C=O) groups excluding carboxylic acids is 1. The van der Waals surface area contributed by atoms with Crippen LogP contribution in [0.25, 0.3) is 0 Å². The molecule has 0 radical (unpaired) electrons. The summed E-state index contributed by atoms with van der Waals surface area (Å²) in [7, 11) is 0. The third kappa shape index (κ3) is 3.21. The van der Waals surface area contributed by atoms with Crippen LogP contribution in [0.1, 0.15) is 6.92 Å². The number of hydrogen-bond donors (Lipinski definition) is 1. The van der Waals surface area contributed by atoms with Crippen molar-refractivity contribution in [3.8, 4) is 0 Å². The maximum absolute atomic E-state index is 11.2. The van der Waals surface area contributed by atoms with Gasteiger partial charge in [-0.3, -0.25) is 14.9 Å². The molecule has 0 aliphatic rings. The number of hydrogen-bond acceptors (Lipinski definition) is 3. The molecule has 1 N–H and O–H groups in total. The molecule has 0 spiro atoms. The molecule has 0 fully saturated rings. The summed E-state index contributed by atoms with van der Waals surface area (Å²) in [6.45, 7) is 1.54. The van der Waals surface area contributed by atoms with Gasteiger partial charge < -0.3 is 5.32 Å². The molecule has 0 saturated heterocycles. The van der Waals surface area contributed by atoms with Crippen molar-refractivity contribution in [1.82, 2.24) is 0 Å². The highest BCUT2D eigenvalue weighted by molar-refractivity contribution is 6.32. The van der Waals surface area contributed by atoms with E-state index in [0.29, 0.717) is 5.69 Å². The highest BCUT2D eigenvalue weighted by Crippen LogP contribution is 2.15. The molecular formula is C9H9ClN2O3. The van der Waals surface area contributed by atoms with Crippen LogP contribution < -0.4 is 5.32 Å². The molecule has 80 valence electrons. The van der Waals surface area contributed by atoms with Gasteiger partial charge in [0.15, 0.2) is 0 Å². The summed E-state index contributed by atoms with van der Waals surface area (Å²) in [6, 6.07) is 5.54. The van der Waals surface area contributed by atoms with Gasteiger partial charge in [0, 0.05) is 17.8 Å². The van der Waals surface area contributed by atoms with E-state index < -0.39 is 10.3 Å². The van der Waals surface area contributed by atoms with Crippen LogP contribution >= 0.6 is 11.6 Å². The van der Waals surface area contributed by atoms with Gasteiger partial charge in [0.25, 0.3) is 5.69 Å². The lowest BCUT2D eigenvalue weighted by atomic mass is 10.3. The van der Waals surface area contributed by atoms with Gasteiger partial charge in [-0.25, -0.2) is 0 Å². The van der Waals surface area contributed by atoms with Crippen molar-refractivity contribution >= 4 is 28.9 Å². The molecule has 0 bridgehead atoms. The summed E-state index contributed by atoms with van der Waals surface area (Å²) in [5.41, 5.74) is 0.463. The van der Waals surface area contributed by atoms with E-state index in [4.69, 9.17) is 11.6 Å². The number of non-ortho nitro benzene ring substituents is 1. The molecule has 0 aliphatic heterocycles. The van der Waals surface area contributed by atoms with Gasteiger partial charge >= 0.3 is 0 Å². The number of rotatable bonds is 3. The third-order valence-electron chi connectivity index (χ3n) is 1.71. The molecule has 0 unspecified atom stereocenters. The Labute approximate surface area is 91.2 Å². The van der Waals surface area contributed by atoms with Gasteiger partial charge in [0.2, 0.25) is 5.91 Å². The average Bonchev–Trinajstić information content (AvgIpc) is 2.18. The zero-order valence-electron chi connectivity index (χ0n) is 7.94. The van der Waals surface area contributed by atoms with Crippen LogP contribution in [-0.2, 0) is 4.79 Å². The number of amides is 1. The Balaban J connectivity index is 2.73. The van der Waals surface area contributed by atoms with E-state index in [1.165, 1.54) is 24.3 Å². The van der Waals surface area contributed by atoms with Gasteiger partial charge in [-0.2, -0.15) is 0 Å². The summed E-state index contributed by atoms with van der Waals surface area (Å²) < 4.78 is 0. The van der Waals surface area contributed by atoms with Gasteiger partial charge in [-0.05, 0) is 19.1 Å². The molecule has 0 aliphatic carbocycles. The summed E-state index contributed by atoms with van der Waals surface area (Å²) in [6.07, 6.45) is 0. The summed E-state index contributed by atoms with van der Waals surface area (Å²) in [5.74, 6) is -0.342. The number of nitrogens with zero attached hydrogens (tertiary/aromatic N) is 1. The Morgan fingerprint density at radius 3 is 2.40 bits per heavy atom. The van der Waals surface area contributed by atoms with Crippen LogP contribution in [0.3, 0.4) is 0 Å². The van der Waals surface area contributed by atoms with E-state index in [9.17, 15) is 14.9 Å².